The molecule has 3 aromatic rings. The van der Waals surface area contributed by atoms with Gasteiger partial charge in [0.2, 0.25) is 0 Å². The predicted octanol–water partition coefficient (Wildman–Crippen LogP) is 5.27. The van der Waals surface area contributed by atoms with Gasteiger partial charge in [0.1, 0.15) is 11.3 Å². The van der Waals surface area contributed by atoms with Gasteiger partial charge in [0, 0.05) is 33.0 Å². The quantitative estimate of drug-likeness (QED) is 0.556. The maximum Gasteiger partial charge on any atom is 0.164 e. The number of pyridine rings is 1. The highest BCUT2D eigenvalue weighted by molar-refractivity contribution is 9.10. The second-order valence-corrected chi connectivity index (χ2v) is 6.59. The molecule has 0 saturated carbocycles. The first-order valence-electron chi connectivity index (χ1n) is 6.14. The van der Waals surface area contributed by atoms with E-state index < -0.39 is 0 Å². The fraction of sp³-hybridized carbons (Fsp3) is 0.143. The van der Waals surface area contributed by atoms with Crippen LogP contribution in [0.1, 0.15) is 5.82 Å². The normalized spacial score (nSPS) is 11.2. The Kier molecular flexibility index (Phi) is 4.41. The molecule has 7 heteroatoms. The molecular formula is C14H9BrCl3N3. The van der Waals surface area contributed by atoms with Gasteiger partial charge in [-0.25, -0.2) is 9.97 Å². The van der Waals surface area contributed by atoms with Crippen molar-refractivity contribution in [1.82, 2.24) is 14.5 Å². The summed E-state index contributed by atoms with van der Waals surface area (Å²) in [5, 5.41) is 1.13. The van der Waals surface area contributed by atoms with E-state index in [4.69, 9.17) is 34.8 Å². The SMILES string of the molecule is ClCCc1nc2cc(Br)cnc2n1-c1cc(Cl)cc(Cl)c1. The van der Waals surface area contributed by atoms with Crippen LogP contribution in [-0.2, 0) is 6.42 Å². The summed E-state index contributed by atoms with van der Waals surface area (Å²) in [6, 6.07) is 7.27. The van der Waals surface area contributed by atoms with Crippen LogP contribution in [0.5, 0.6) is 0 Å². The van der Waals surface area contributed by atoms with Crippen molar-refractivity contribution in [2.75, 3.05) is 5.88 Å². The number of hydrogen-bond donors (Lipinski definition) is 0. The summed E-state index contributed by atoms with van der Waals surface area (Å²) in [5.41, 5.74) is 2.36. The molecule has 2 heterocycles. The van der Waals surface area contributed by atoms with Crippen LogP contribution in [-0.4, -0.2) is 20.4 Å². The van der Waals surface area contributed by atoms with Crippen LogP contribution >= 0.6 is 50.7 Å². The van der Waals surface area contributed by atoms with E-state index in [-0.39, 0.29) is 0 Å². The number of rotatable bonds is 3. The van der Waals surface area contributed by atoms with E-state index in [1.807, 2.05) is 22.8 Å². The zero-order chi connectivity index (χ0) is 15.0. The van der Waals surface area contributed by atoms with Gasteiger partial charge in [0.25, 0.3) is 0 Å². The molecule has 21 heavy (non-hydrogen) atoms. The van der Waals surface area contributed by atoms with E-state index in [1.165, 1.54) is 0 Å². The molecule has 0 spiro atoms. The summed E-state index contributed by atoms with van der Waals surface area (Å²) in [4.78, 5) is 9.04. The highest BCUT2D eigenvalue weighted by Crippen LogP contribution is 2.27. The lowest BCUT2D eigenvalue weighted by atomic mass is 10.3. The Hall–Kier alpha value is -0.810. The fourth-order valence-electron chi connectivity index (χ4n) is 2.18. The van der Waals surface area contributed by atoms with E-state index >= 15 is 0 Å². The first-order chi connectivity index (χ1) is 10.1. The van der Waals surface area contributed by atoms with Gasteiger partial charge < -0.3 is 0 Å². The molecule has 0 saturated heterocycles. The van der Waals surface area contributed by atoms with Gasteiger partial charge in [-0.2, -0.15) is 0 Å². The van der Waals surface area contributed by atoms with Crippen molar-refractivity contribution in [3.63, 3.8) is 0 Å². The van der Waals surface area contributed by atoms with Crippen molar-refractivity contribution in [2.45, 2.75) is 6.42 Å². The third-order valence-corrected chi connectivity index (χ3v) is 4.02. The summed E-state index contributed by atoms with van der Waals surface area (Å²) in [6.45, 7) is 0. The third-order valence-electron chi connectivity index (χ3n) is 2.96. The fourth-order valence-corrected chi connectivity index (χ4v) is 3.18. The molecule has 0 amide bonds. The number of imidazole rings is 1. The lowest BCUT2D eigenvalue weighted by Gasteiger charge is -2.09. The van der Waals surface area contributed by atoms with Gasteiger partial charge in [-0.15, -0.1) is 11.6 Å². The summed E-state index contributed by atoms with van der Waals surface area (Å²) >= 11 is 21.5. The molecule has 0 bridgehead atoms. The van der Waals surface area contributed by atoms with Crippen LogP contribution in [0.3, 0.4) is 0 Å². The molecule has 0 atom stereocenters. The number of aryl methyl sites for hydroxylation is 1. The zero-order valence-corrected chi connectivity index (χ0v) is 14.5. The standard InChI is InChI=1S/C14H9BrCl3N3/c15-8-3-12-14(19-7-8)21(13(20-12)1-2-16)11-5-9(17)4-10(18)6-11/h3-7H,1-2H2. The van der Waals surface area contributed by atoms with Gasteiger partial charge in [0.15, 0.2) is 5.65 Å². The molecule has 0 aliphatic rings. The molecule has 3 nitrogen and oxygen atoms in total. The van der Waals surface area contributed by atoms with Crippen LogP contribution < -0.4 is 0 Å². The predicted molar refractivity (Wildman–Crippen MR) is 91.0 cm³/mol. The average Bonchev–Trinajstić information content (AvgIpc) is 2.75. The lowest BCUT2D eigenvalue weighted by molar-refractivity contribution is 0.905. The number of halogens is 4. The minimum atomic E-state index is 0.471. The highest BCUT2D eigenvalue weighted by Gasteiger charge is 2.14. The monoisotopic (exact) mass is 403 g/mol. The van der Waals surface area contributed by atoms with E-state index in [0.717, 1.165) is 27.1 Å². The Labute approximate surface area is 145 Å². The number of alkyl halides is 1. The number of nitrogens with zero attached hydrogens (tertiary/aromatic N) is 3. The second kappa shape index (κ2) is 6.13. The third kappa shape index (κ3) is 3.04. The molecule has 0 radical (unpaired) electrons. The summed E-state index contributed by atoms with van der Waals surface area (Å²) < 4.78 is 2.81. The molecule has 0 unspecified atom stereocenters. The Morgan fingerprint density at radius 1 is 1.10 bits per heavy atom. The molecular weight excluding hydrogens is 396 g/mol. The van der Waals surface area contributed by atoms with Crippen molar-refractivity contribution >= 4 is 61.9 Å². The molecule has 0 aliphatic heterocycles. The first kappa shape index (κ1) is 15.1. The molecule has 1 aromatic carbocycles. The van der Waals surface area contributed by atoms with Gasteiger partial charge in [-0.05, 0) is 40.2 Å². The number of aromatic nitrogens is 3. The van der Waals surface area contributed by atoms with E-state index in [2.05, 4.69) is 25.9 Å². The summed E-state index contributed by atoms with van der Waals surface area (Å²) in [5.74, 6) is 1.29. The second-order valence-electron chi connectivity index (χ2n) is 4.43. The van der Waals surface area contributed by atoms with E-state index in [9.17, 15) is 0 Å². The van der Waals surface area contributed by atoms with Crippen LogP contribution in [0, 0.1) is 0 Å². The molecule has 0 aliphatic carbocycles. The van der Waals surface area contributed by atoms with Gasteiger partial charge in [0.05, 0.1) is 5.69 Å². The Balaban J connectivity index is 2.30. The number of hydrogen-bond acceptors (Lipinski definition) is 2. The molecule has 2 aromatic heterocycles. The number of benzene rings is 1. The lowest BCUT2D eigenvalue weighted by Crippen LogP contribution is -2.03. The minimum absolute atomic E-state index is 0.471. The Morgan fingerprint density at radius 3 is 2.48 bits per heavy atom. The average molecular weight is 406 g/mol. The maximum absolute atomic E-state index is 6.10. The van der Waals surface area contributed by atoms with Crippen molar-refractivity contribution in [3.05, 3.63) is 50.8 Å². The minimum Gasteiger partial charge on any atom is -0.281 e. The molecule has 0 N–H and O–H groups in total. The highest BCUT2D eigenvalue weighted by atomic mass is 79.9. The topological polar surface area (TPSA) is 30.7 Å². The Morgan fingerprint density at radius 2 is 1.81 bits per heavy atom. The van der Waals surface area contributed by atoms with Crippen molar-refractivity contribution in [2.24, 2.45) is 0 Å². The van der Waals surface area contributed by atoms with E-state index in [1.54, 1.807) is 12.3 Å². The first-order valence-corrected chi connectivity index (χ1v) is 8.22. The molecule has 108 valence electrons. The van der Waals surface area contributed by atoms with Gasteiger partial charge in [-0.3, -0.25) is 4.57 Å². The maximum atomic E-state index is 6.10. The van der Waals surface area contributed by atoms with Gasteiger partial charge >= 0.3 is 0 Å². The number of fused-ring (bicyclic) bond motifs is 1. The van der Waals surface area contributed by atoms with Crippen molar-refractivity contribution < 1.29 is 0 Å². The van der Waals surface area contributed by atoms with E-state index in [0.29, 0.717) is 22.3 Å². The van der Waals surface area contributed by atoms with Crippen LogP contribution in [0.4, 0.5) is 0 Å². The molecule has 3 rings (SSSR count). The summed E-state index contributed by atoms with van der Waals surface area (Å²) in [6.07, 6.45) is 2.36. The van der Waals surface area contributed by atoms with Crippen molar-refractivity contribution in [3.8, 4) is 5.69 Å². The smallest absolute Gasteiger partial charge is 0.164 e. The van der Waals surface area contributed by atoms with Gasteiger partial charge in [-0.1, -0.05) is 23.2 Å². The Bertz CT molecular complexity index is 796. The van der Waals surface area contributed by atoms with Crippen molar-refractivity contribution in [1.29, 1.82) is 0 Å². The largest absolute Gasteiger partial charge is 0.281 e. The zero-order valence-electron chi connectivity index (χ0n) is 10.7. The van der Waals surface area contributed by atoms with Crippen LogP contribution in [0.25, 0.3) is 16.9 Å². The van der Waals surface area contributed by atoms with Crippen LogP contribution in [0.2, 0.25) is 10.0 Å². The van der Waals surface area contributed by atoms with Crippen LogP contribution in [0.15, 0.2) is 34.9 Å². The molecule has 0 fully saturated rings. The summed E-state index contributed by atoms with van der Waals surface area (Å²) in [7, 11) is 0.